The number of phosphoric acid groups is 1. The molecule has 0 spiro atoms. The smallest absolute Gasteiger partial charge is 0.472 e. The lowest BCUT2D eigenvalue weighted by Crippen LogP contribution is -2.37. The molecule has 0 bridgehead atoms. The summed E-state index contributed by atoms with van der Waals surface area (Å²) in [5.41, 5.74) is 0. The van der Waals surface area contributed by atoms with E-state index in [1.165, 1.54) is 70.6 Å². The molecule has 7 atom stereocenters. The van der Waals surface area contributed by atoms with Crippen molar-refractivity contribution in [1.82, 2.24) is 0 Å². The quantitative estimate of drug-likeness (QED) is 0.0118. The second kappa shape index (κ2) is 34.1. The number of phosphoric ester groups is 1. The number of carbonyl (C=O) groups excluding carboxylic acids is 1. The monoisotopic (exact) mass is 845 g/mol. The Labute approximate surface area is 353 Å². The van der Waals surface area contributed by atoms with Crippen molar-refractivity contribution >= 4 is 13.8 Å². The van der Waals surface area contributed by atoms with Crippen LogP contribution >= 0.6 is 7.82 Å². The van der Waals surface area contributed by atoms with Crippen molar-refractivity contribution in [3.8, 4) is 0 Å². The molecule has 1 fully saturated rings. The van der Waals surface area contributed by atoms with Gasteiger partial charge in [0.15, 0.2) is 6.10 Å². The van der Waals surface area contributed by atoms with Crippen LogP contribution in [0.2, 0.25) is 0 Å². The van der Waals surface area contributed by atoms with Gasteiger partial charge in [0.05, 0.1) is 52.3 Å². The SMILES string of the molecule is CCCCCC/C=C\CCCCCCCC/C=C/OC[C@H](COP(=O)(O)OCC[N+](C)(C)C)OC(=O)CCCCCC[C@@H]1[C@@H](/C=C/[C@@H](O)CCCCC)[C@H](O)C[C@@H]1O. The van der Waals surface area contributed by atoms with Crippen LogP contribution < -0.4 is 0 Å². The number of rotatable bonds is 38. The van der Waals surface area contributed by atoms with E-state index in [0.717, 1.165) is 57.8 Å². The normalized spacial score (nSPS) is 21.0. The summed E-state index contributed by atoms with van der Waals surface area (Å²) in [5.74, 6) is -0.679. The molecule has 0 heterocycles. The van der Waals surface area contributed by atoms with E-state index in [4.69, 9.17) is 18.5 Å². The molecule has 1 unspecified atom stereocenters. The third-order valence-corrected chi connectivity index (χ3v) is 11.8. The molecular weight excluding hydrogens is 757 g/mol. The first-order valence-corrected chi connectivity index (χ1v) is 24.5. The van der Waals surface area contributed by atoms with E-state index in [-0.39, 0.29) is 38.1 Å². The first-order chi connectivity index (χ1) is 27.8. The van der Waals surface area contributed by atoms with Gasteiger partial charge in [-0.05, 0) is 69.8 Å². The molecule has 0 amide bonds. The zero-order chi connectivity index (χ0) is 42.9. The zero-order valence-corrected chi connectivity index (χ0v) is 38.3. The lowest BCUT2D eigenvalue weighted by molar-refractivity contribution is -0.870. The number of unbranched alkanes of at least 4 members (excludes halogenated alkanes) is 16. The summed E-state index contributed by atoms with van der Waals surface area (Å²) in [4.78, 5) is 23.0. The number of carbonyl (C=O) groups is 1. The van der Waals surface area contributed by atoms with Crippen LogP contribution in [0.15, 0.2) is 36.6 Å². The van der Waals surface area contributed by atoms with Crippen LogP contribution in [0.3, 0.4) is 0 Å². The molecule has 1 saturated carbocycles. The van der Waals surface area contributed by atoms with Crippen LogP contribution in [0.25, 0.3) is 0 Å². The second-order valence-corrected chi connectivity index (χ2v) is 18.9. The highest BCUT2D eigenvalue weighted by Gasteiger charge is 2.39. The van der Waals surface area contributed by atoms with E-state index in [2.05, 4.69) is 26.0 Å². The van der Waals surface area contributed by atoms with Gasteiger partial charge in [0, 0.05) is 18.8 Å². The highest BCUT2D eigenvalue weighted by Crippen LogP contribution is 2.43. The molecule has 0 saturated heterocycles. The molecule has 1 rings (SSSR count). The number of hydrogen-bond donors (Lipinski definition) is 4. The maximum atomic E-state index is 12.8. The van der Waals surface area contributed by atoms with E-state index in [1.807, 2.05) is 33.3 Å². The summed E-state index contributed by atoms with van der Waals surface area (Å²) in [6, 6.07) is 0. The van der Waals surface area contributed by atoms with Gasteiger partial charge in [0.2, 0.25) is 0 Å². The highest BCUT2D eigenvalue weighted by atomic mass is 31.2. The third kappa shape index (κ3) is 30.5. The molecule has 0 aromatic rings. The molecule has 0 radical (unpaired) electrons. The number of nitrogens with zero attached hydrogens (tertiary/aromatic N) is 1. The molecule has 1 aliphatic carbocycles. The van der Waals surface area contributed by atoms with Crippen molar-refractivity contribution in [1.29, 1.82) is 0 Å². The standard InChI is InChI=1S/C46H86NO10P/c1-6-8-10-11-12-13-14-15-16-17-18-19-20-21-24-28-35-54-38-41(39-56-58(52,53)55-36-34-47(3,4)5)57-46(51)31-27-23-22-26-30-42-43(45(50)37-44(42)49)33-32-40(48)29-25-9-7-2/h13-14,28,32-33,35,40-45,48-50H,6-12,15-27,29-31,34,36-39H2,1-5H3/p+1/b14-13-,33-32+,35-28+/t40-,41+,42+,43+,44-,45+/m0/s1. The molecule has 4 N–H and O–H groups in total. The number of esters is 1. The molecule has 58 heavy (non-hydrogen) atoms. The maximum Gasteiger partial charge on any atom is 0.472 e. The zero-order valence-electron chi connectivity index (χ0n) is 37.4. The number of hydrogen-bond acceptors (Lipinski definition) is 9. The number of aliphatic hydroxyl groups is 3. The number of allylic oxidation sites excluding steroid dienone is 3. The van der Waals surface area contributed by atoms with Crippen LogP contribution in [0, 0.1) is 11.8 Å². The van der Waals surface area contributed by atoms with Gasteiger partial charge in [-0.25, -0.2) is 4.57 Å². The summed E-state index contributed by atoms with van der Waals surface area (Å²) >= 11 is 0. The minimum absolute atomic E-state index is 0.0186. The number of quaternary nitrogens is 1. The summed E-state index contributed by atoms with van der Waals surface area (Å²) in [7, 11) is 1.50. The van der Waals surface area contributed by atoms with Crippen molar-refractivity contribution < 1.29 is 52.6 Å². The van der Waals surface area contributed by atoms with Crippen LogP contribution in [-0.2, 0) is 27.9 Å². The molecule has 0 aliphatic heterocycles. The van der Waals surface area contributed by atoms with E-state index < -0.39 is 38.2 Å². The predicted octanol–water partition coefficient (Wildman–Crippen LogP) is 10.1. The van der Waals surface area contributed by atoms with Crippen LogP contribution in [0.5, 0.6) is 0 Å². The molecule has 0 aromatic carbocycles. The van der Waals surface area contributed by atoms with E-state index in [0.29, 0.717) is 30.3 Å². The van der Waals surface area contributed by atoms with Crippen LogP contribution in [0.1, 0.15) is 168 Å². The van der Waals surface area contributed by atoms with Crippen molar-refractivity contribution in [2.24, 2.45) is 11.8 Å². The second-order valence-electron chi connectivity index (χ2n) is 17.5. The Balaban J connectivity index is 2.44. The molecule has 11 nitrogen and oxygen atoms in total. The molecule has 1 aliphatic rings. The van der Waals surface area contributed by atoms with Crippen LogP contribution in [0.4, 0.5) is 0 Å². The van der Waals surface area contributed by atoms with Gasteiger partial charge in [0.25, 0.3) is 0 Å². The fraction of sp³-hybridized carbons (Fsp3) is 0.848. The average molecular weight is 845 g/mol. The van der Waals surface area contributed by atoms with Crippen molar-refractivity contribution in [3.63, 3.8) is 0 Å². The molecule has 340 valence electrons. The molecular formula is C46H87NO10P+. The number of aliphatic hydroxyl groups excluding tert-OH is 3. The maximum absolute atomic E-state index is 12.8. The molecule has 0 aromatic heterocycles. The van der Waals surface area contributed by atoms with Crippen LogP contribution in [-0.4, -0.2) is 103 Å². The Hall–Kier alpha value is -1.56. The summed E-state index contributed by atoms with van der Waals surface area (Å²) < 4.78 is 34.8. The Morgan fingerprint density at radius 3 is 2.00 bits per heavy atom. The summed E-state index contributed by atoms with van der Waals surface area (Å²) in [5, 5.41) is 31.5. The van der Waals surface area contributed by atoms with Crippen molar-refractivity contribution in [3.05, 3.63) is 36.6 Å². The first kappa shape index (κ1) is 54.5. The third-order valence-electron chi connectivity index (χ3n) is 10.8. The summed E-state index contributed by atoms with van der Waals surface area (Å²) in [6.07, 6.45) is 33.3. The predicted molar refractivity (Wildman–Crippen MR) is 235 cm³/mol. The Kier molecular flexibility index (Phi) is 32.0. The van der Waals surface area contributed by atoms with Gasteiger partial charge in [-0.2, -0.15) is 0 Å². The first-order valence-electron chi connectivity index (χ1n) is 23.0. The number of likely N-dealkylation sites (N-methyl/N-ethyl adjacent to an activating group) is 1. The Morgan fingerprint density at radius 2 is 1.34 bits per heavy atom. The fourth-order valence-corrected chi connectivity index (χ4v) is 7.94. The van der Waals surface area contributed by atoms with Gasteiger partial charge in [-0.1, -0.05) is 122 Å². The van der Waals surface area contributed by atoms with Gasteiger partial charge in [0.1, 0.15) is 19.8 Å². The van der Waals surface area contributed by atoms with Gasteiger partial charge >= 0.3 is 13.8 Å². The summed E-state index contributed by atoms with van der Waals surface area (Å²) in [6.45, 7) is 4.57. The van der Waals surface area contributed by atoms with Gasteiger partial charge in [-0.3, -0.25) is 13.8 Å². The number of ether oxygens (including phenoxy) is 2. The Morgan fingerprint density at radius 1 is 0.759 bits per heavy atom. The average Bonchev–Trinajstić information content (AvgIpc) is 3.43. The van der Waals surface area contributed by atoms with E-state index in [1.54, 1.807) is 12.3 Å². The topological polar surface area (TPSA) is 152 Å². The lowest BCUT2D eigenvalue weighted by atomic mass is 9.88. The van der Waals surface area contributed by atoms with Gasteiger partial charge < -0.3 is 34.2 Å². The Bertz CT molecular complexity index is 1140. The largest absolute Gasteiger partial charge is 0.498 e. The van der Waals surface area contributed by atoms with Crippen molar-refractivity contribution in [2.75, 3.05) is 47.5 Å². The minimum Gasteiger partial charge on any atom is -0.498 e. The minimum atomic E-state index is -4.35. The molecule has 12 heteroatoms. The highest BCUT2D eigenvalue weighted by molar-refractivity contribution is 7.47. The van der Waals surface area contributed by atoms with E-state index >= 15 is 0 Å². The van der Waals surface area contributed by atoms with E-state index in [9.17, 15) is 29.6 Å². The van der Waals surface area contributed by atoms with Crippen molar-refractivity contribution in [2.45, 2.75) is 192 Å². The lowest BCUT2D eigenvalue weighted by Gasteiger charge is -2.24. The van der Waals surface area contributed by atoms with Gasteiger partial charge in [-0.15, -0.1) is 0 Å². The fourth-order valence-electron chi connectivity index (χ4n) is 7.20.